The molecule has 0 N–H and O–H groups in total. The first-order chi connectivity index (χ1) is 10.1. The first-order valence-corrected chi connectivity index (χ1v) is 8.06. The smallest absolute Gasteiger partial charge is 0.146 e. The monoisotopic (exact) mass is 300 g/mol. The molecule has 0 heterocycles. The lowest BCUT2D eigenvalue weighted by molar-refractivity contribution is 0.478. The predicted octanol–water partition coefficient (Wildman–Crippen LogP) is 6.41. The van der Waals surface area contributed by atoms with Gasteiger partial charge in [0, 0.05) is 0 Å². The highest BCUT2D eigenvalue weighted by Gasteiger charge is 2.18. The van der Waals surface area contributed by atoms with E-state index in [1.54, 1.807) is 0 Å². The van der Waals surface area contributed by atoms with Crippen molar-refractivity contribution < 1.29 is 4.74 Å². The summed E-state index contributed by atoms with van der Waals surface area (Å²) >= 11 is 6.42. The fourth-order valence-corrected chi connectivity index (χ4v) is 3.28. The first kappa shape index (κ1) is 14.5. The Morgan fingerprint density at radius 1 is 0.952 bits per heavy atom. The van der Waals surface area contributed by atoms with E-state index in [-0.39, 0.29) is 0 Å². The molecule has 3 rings (SSSR count). The third kappa shape index (κ3) is 3.24. The molecule has 110 valence electrons. The van der Waals surface area contributed by atoms with Crippen molar-refractivity contribution in [3.05, 3.63) is 58.1 Å². The molecule has 0 amide bonds. The van der Waals surface area contributed by atoms with Crippen molar-refractivity contribution in [2.45, 2.75) is 45.4 Å². The zero-order valence-corrected chi connectivity index (χ0v) is 13.4. The molecule has 2 aromatic carbocycles. The minimum absolute atomic E-state index is 0.678. The zero-order valence-electron chi connectivity index (χ0n) is 12.7. The van der Waals surface area contributed by atoms with Crippen molar-refractivity contribution in [1.82, 2.24) is 0 Å². The Kier molecular flexibility index (Phi) is 4.21. The summed E-state index contributed by atoms with van der Waals surface area (Å²) in [5.41, 5.74) is 3.66. The fourth-order valence-electron chi connectivity index (χ4n) is 3.05. The summed E-state index contributed by atoms with van der Waals surface area (Å²) < 4.78 is 6.01. The number of hydrogen-bond donors (Lipinski definition) is 0. The minimum Gasteiger partial charge on any atom is -0.456 e. The van der Waals surface area contributed by atoms with E-state index < -0.39 is 0 Å². The van der Waals surface area contributed by atoms with Gasteiger partial charge in [-0.3, -0.25) is 0 Å². The lowest BCUT2D eigenvalue weighted by Crippen LogP contribution is -1.94. The number of benzene rings is 2. The largest absolute Gasteiger partial charge is 0.456 e. The molecule has 0 saturated heterocycles. The van der Waals surface area contributed by atoms with Gasteiger partial charge in [-0.2, -0.15) is 0 Å². The molecule has 1 aliphatic rings. The molecule has 1 saturated carbocycles. The normalized spacial score (nSPS) is 15.4. The second-order valence-corrected chi connectivity index (χ2v) is 6.45. The third-order valence-electron chi connectivity index (χ3n) is 4.35. The topological polar surface area (TPSA) is 9.23 Å². The second kappa shape index (κ2) is 6.11. The lowest BCUT2D eigenvalue weighted by Gasteiger charge is -2.14. The number of halogens is 1. The highest BCUT2D eigenvalue weighted by atomic mass is 35.5. The molecule has 0 radical (unpaired) electrons. The van der Waals surface area contributed by atoms with Crippen molar-refractivity contribution in [1.29, 1.82) is 0 Å². The van der Waals surface area contributed by atoms with Crippen LogP contribution in [-0.2, 0) is 0 Å². The van der Waals surface area contributed by atoms with Gasteiger partial charge in [-0.15, -0.1) is 0 Å². The van der Waals surface area contributed by atoms with Crippen molar-refractivity contribution in [3.8, 4) is 11.5 Å². The first-order valence-electron chi connectivity index (χ1n) is 7.68. The molecule has 21 heavy (non-hydrogen) atoms. The molecular formula is C19H21ClO. The van der Waals surface area contributed by atoms with E-state index >= 15 is 0 Å². The Balaban J connectivity index is 1.84. The van der Waals surface area contributed by atoms with Crippen LogP contribution in [0.25, 0.3) is 0 Å². The van der Waals surface area contributed by atoms with Gasteiger partial charge in [-0.05, 0) is 67.5 Å². The van der Waals surface area contributed by atoms with Gasteiger partial charge in [0.15, 0.2) is 0 Å². The predicted molar refractivity (Wildman–Crippen MR) is 88.7 cm³/mol. The number of hydrogen-bond acceptors (Lipinski definition) is 1. The van der Waals surface area contributed by atoms with Gasteiger partial charge in [0.05, 0.1) is 5.02 Å². The maximum absolute atomic E-state index is 6.42. The average molecular weight is 301 g/mol. The summed E-state index contributed by atoms with van der Waals surface area (Å²) in [5, 5.41) is 0.709. The zero-order chi connectivity index (χ0) is 14.8. The highest BCUT2D eigenvalue weighted by molar-refractivity contribution is 6.32. The second-order valence-electron chi connectivity index (χ2n) is 6.04. The van der Waals surface area contributed by atoms with Crippen molar-refractivity contribution in [3.63, 3.8) is 0 Å². The van der Waals surface area contributed by atoms with Gasteiger partial charge in [0.1, 0.15) is 11.5 Å². The Morgan fingerprint density at radius 3 is 2.43 bits per heavy atom. The van der Waals surface area contributed by atoms with Gasteiger partial charge in [0.2, 0.25) is 0 Å². The SMILES string of the molecule is Cc1ccc(C)c(Oc2ccc(C3CCCC3)cc2Cl)c1. The minimum atomic E-state index is 0.678. The van der Waals surface area contributed by atoms with Crippen LogP contribution < -0.4 is 4.74 Å². The molecule has 0 unspecified atom stereocenters. The van der Waals surface area contributed by atoms with E-state index in [1.807, 2.05) is 6.07 Å². The van der Waals surface area contributed by atoms with Crippen LogP contribution in [0.3, 0.4) is 0 Å². The quantitative estimate of drug-likeness (QED) is 0.636. The number of rotatable bonds is 3. The van der Waals surface area contributed by atoms with Crippen LogP contribution in [0.1, 0.15) is 48.3 Å². The van der Waals surface area contributed by atoms with Gasteiger partial charge >= 0.3 is 0 Å². The Bertz CT molecular complexity index is 642. The third-order valence-corrected chi connectivity index (χ3v) is 4.64. The van der Waals surface area contributed by atoms with E-state index in [9.17, 15) is 0 Å². The number of ether oxygens (including phenoxy) is 1. The molecule has 0 atom stereocenters. The highest BCUT2D eigenvalue weighted by Crippen LogP contribution is 2.38. The summed E-state index contributed by atoms with van der Waals surface area (Å²) in [4.78, 5) is 0. The van der Waals surface area contributed by atoms with Crippen LogP contribution in [0.2, 0.25) is 5.02 Å². The maximum Gasteiger partial charge on any atom is 0.146 e. The average Bonchev–Trinajstić information content (AvgIpc) is 2.99. The molecule has 1 nitrogen and oxygen atoms in total. The molecule has 0 aliphatic heterocycles. The maximum atomic E-state index is 6.42. The molecule has 0 spiro atoms. The standard InChI is InChI=1S/C19H21ClO/c1-13-7-8-14(2)19(11-13)21-18-10-9-16(12-17(18)20)15-5-3-4-6-15/h7-12,15H,3-6H2,1-2H3. The van der Waals surface area contributed by atoms with Crippen LogP contribution in [-0.4, -0.2) is 0 Å². The van der Waals surface area contributed by atoms with E-state index in [0.29, 0.717) is 10.9 Å². The van der Waals surface area contributed by atoms with Crippen molar-refractivity contribution in [2.24, 2.45) is 0 Å². The molecule has 2 aromatic rings. The molecule has 1 fully saturated rings. The molecule has 0 bridgehead atoms. The fraction of sp³-hybridized carbons (Fsp3) is 0.368. The van der Waals surface area contributed by atoms with Gasteiger partial charge in [-0.1, -0.05) is 42.6 Å². The van der Waals surface area contributed by atoms with Crippen LogP contribution in [0, 0.1) is 13.8 Å². The van der Waals surface area contributed by atoms with Crippen LogP contribution >= 0.6 is 11.6 Å². The van der Waals surface area contributed by atoms with Gasteiger partial charge in [-0.25, -0.2) is 0 Å². The summed E-state index contributed by atoms with van der Waals surface area (Å²) in [6.45, 7) is 4.12. The summed E-state index contributed by atoms with van der Waals surface area (Å²) in [5.74, 6) is 2.30. The van der Waals surface area contributed by atoms with E-state index in [1.165, 1.54) is 36.8 Å². The molecular weight excluding hydrogens is 280 g/mol. The Hall–Kier alpha value is -1.47. The Morgan fingerprint density at radius 2 is 1.71 bits per heavy atom. The van der Waals surface area contributed by atoms with E-state index in [0.717, 1.165) is 17.1 Å². The lowest BCUT2D eigenvalue weighted by atomic mass is 9.98. The van der Waals surface area contributed by atoms with Crippen LogP contribution in [0.4, 0.5) is 0 Å². The molecule has 0 aromatic heterocycles. The molecule has 2 heteroatoms. The van der Waals surface area contributed by atoms with Gasteiger partial charge in [0.25, 0.3) is 0 Å². The van der Waals surface area contributed by atoms with E-state index in [2.05, 4.69) is 44.2 Å². The summed E-state index contributed by atoms with van der Waals surface area (Å²) in [6.07, 6.45) is 5.24. The summed E-state index contributed by atoms with van der Waals surface area (Å²) in [6, 6.07) is 12.5. The molecule has 1 aliphatic carbocycles. The number of aryl methyl sites for hydroxylation is 2. The van der Waals surface area contributed by atoms with E-state index in [4.69, 9.17) is 16.3 Å². The van der Waals surface area contributed by atoms with Crippen LogP contribution in [0.15, 0.2) is 36.4 Å². The van der Waals surface area contributed by atoms with Crippen LogP contribution in [0.5, 0.6) is 11.5 Å². The van der Waals surface area contributed by atoms with Crippen molar-refractivity contribution >= 4 is 11.6 Å². The van der Waals surface area contributed by atoms with Crippen molar-refractivity contribution in [2.75, 3.05) is 0 Å². The summed E-state index contributed by atoms with van der Waals surface area (Å²) in [7, 11) is 0. The Labute approximate surface area is 131 Å². The van der Waals surface area contributed by atoms with Gasteiger partial charge < -0.3 is 4.74 Å².